The van der Waals surface area contributed by atoms with Crippen molar-refractivity contribution in [3.8, 4) is 0 Å². The molecule has 0 saturated carbocycles. The highest BCUT2D eigenvalue weighted by molar-refractivity contribution is 5.72. The number of aliphatic hydroxyl groups is 1. The third-order valence-electron chi connectivity index (χ3n) is 4.98. The van der Waals surface area contributed by atoms with Crippen molar-refractivity contribution in [2.45, 2.75) is 18.9 Å². The summed E-state index contributed by atoms with van der Waals surface area (Å²) in [6, 6.07) is 18.4. The molecule has 2 aromatic carbocycles. The van der Waals surface area contributed by atoms with Gasteiger partial charge in [0.1, 0.15) is 5.52 Å². The van der Waals surface area contributed by atoms with E-state index in [0.717, 1.165) is 36.5 Å². The van der Waals surface area contributed by atoms with Gasteiger partial charge in [0.15, 0.2) is 5.58 Å². The zero-order valence-corrected chi connectivity index (χ0v) is 13.6. The highest BCUT2D eigenvalue weighted by atomic mass is 16.3. The molecular weight excluding hydrogens is 300 g/mol. The number of oxazole rings is 1. The topological polar surface area (TPSA) is 49.5 Å². The van der Waals surface area contributed by atoms with Crippen LogP contribution in [0.5, 0.6) is 0 Å². The zero-order valence-electron chi connectivity index (χ0n) is 13.6. The summed E-state index contributed by atoms with van der Waals surface area (Å²) in [5.41, 5.74) is 3.08. The molecule has 1 fully saturated rings. The minimum atomic E-state index is 0.212. The minimum absolute atomic E-state index is 0.212. The number of nitrogens with zero attached hydrogens (tertiary/aromatic N) is 2. The first-order valence-electron chi connectivity index (χ1n) is 8.56. The maximum atomic E-state index is 9.86. The Labute approximate surface area is 141 Å². The number of para-hydroxylation sites is 2. The molecule has 4 nitrogen and oxygen atoms in total. The second-order valence-electron chi connectivity index (χ2n) is 6.56. The summed E-state index contributed by atoms with van der Waals surface area (Å²) < 4.78 is 5.84. The Kier molecular flexibility index (Phi) is 4.32. The van der Waals surface area contributed by atoms with Gasteiger partial charge in [-0.3, -0.25) is 4.90 Å². The van der Waals surface area contributed by atoms with Gasteiger partial charge in [-0.25, -0.2) is 4.98 Å². The Morgan fingerprint density at radius 2 is 1.88 bits per heavy atom. The standard InChI is InChI=1S/C20H22N2O2/c23-14-16-12-22(11-10-17(16)15-6-2-1-3-7-15)13-20-21-18-8-4-5-9-19(18)24-20/h1-9,16-17,23H,10-14H2/t16-,17+/m1/s1. The number of aromatic nitrogens is 1. The largest absolute Gasteiger partial charge is 0.439 e. The van der Waals surface area contributed by atoms with Crippen molar-refractivity contribution in [3.05, 3.63) is 66.1 Å². The van der Waals surface area contributed by atoms with Crippen molar-refractivity contribution in [2.24, 2.45) is 5.92 Å². The zero-order chi connectivity index (χ0) is 16.4. The van der Waals surface area contributed by atoms with Gasteiger partial charge in [0.2, 0.25) is 5.89 Å². The molecule has 0 amide bonds. The summed E-state index contributed by atoms with van der Waals surface area (Å²) in [7, 11) is 0. The summed E-state index contributed by atoms with van der Waals surface area (Å²) in [6.45, 7) is 2.78. The van der Waals surface area contributed by atoms with E-state index in [2.05, 4.69) is 34.1 Å². The van der Waals surface area contributed by atoms with Crippen LogP contribution in [0, 0.1) is 5.92 Å². The van der Waals surface area contributed by atoms with Crippen LogP contribution in [0.25, 0.3) is 11.1 Å². The first kappa shape index (κ1) is 15.4. The first-order valence-corrected chi connectivity index (χ1v) is 8.56. The van der Waals surface area contributed by atoms with Gasteiger partial charge >= 0.3 is 0 Å². The molecule has 124 valence electrons. The molecular formula is C20H22N2O2. The molecule has 0 unspecified atom stereocenters. The maximum Gasteiger partial charge on any atom is 0.209 e. The predicted molar refractivity (Wildman–Crippen MR) is 93.7 cm³/mol. The van der Waals surface area contributed by atoms with Gasteiger partial charge in [0, 0.05) is 19.1 Å². The van der Waals surface area contributed by atoms with Crippen LogP contribution in [-0.2, 0) is 6.54 Å². The Bertz CT molecular complexity index is 767. The number of rotatable bonds is 4. The molecule has 4 rings (SSSR count). The minimum Gasteiger partial charge on any atom is -0.439 e. The van der Waals surface area contributed by atoms with Crippen LogP contribution in [0.2, 0.25) is 0 Å². The summed E-state index contributed by atoms with van der Waals surface area (Å²) in [5.74, 6) is 1.44. The highest BCUT2D eigenvalue weighted by Gasteiger charge is 2.30. The molecule has 0 spiro atoms. The van der Waals surface area contributed by atoms with E-state index in [1.54, 1.807) is 0 Å². The normalized spacial score (nSPS) is 22.0. The van der Waals surface area contributed by atoms with E-state index < -0.39 is 0 Å². The summed E-state index contributed by atoms with van der Waals surface area (Å²) >= 11 is 0. The average molecular weight is 322 g/mol. The molecule has 24 heavy (non-hydrogen) atoms. The second-order valence-corrected chi connectivity index (χ2v) is 6.56. The van der Waals surface area contributed by atoms with Crippen LogP contribution in [0.1, 0.15) is 23.8 Å². The molecule has 2 atom stereocenters. The molecule has 1 N–H and O–H groups in total. The third-order valence-corrected chi connectivity index (χ3v) is 4.98. The summed E-state index contributed by atoms with van der Waals surface area (Å²) in [6.07, 6.45) is 1.05. The molecule has 1 aliphatic rings. The van der Waals surface area contributed by atoms with E-state index in [0.29, 0.717) is 12.5 Å². The molecule has 2 heterocycles. The monoisotopic (exact) mass is 322 g/mol. The number of benzene rings is 2. The quantitative estimate of drug-likeness (QED) is 0.799. The SMILES string of the molecule is OC[C@H]1CN(Cc2nc3ccccc3o2)CC[C@H]1c1ccccc1. The molecule has 1 aliphatic heterocycles. The molecule has 0 bridgehead atoms. The number of aliphatic hydroxyl groups excluding tert-OH is 1. The van der Waals surface area contributed by atoms with Crippen LogP contribution >= 0.6 is 0 Å². The van der Waals surface area contributed by atoms with E-state index in [9.17, 15) is 5.11 Å². The van der Waals surface area contributed by atoms with E-state index >= 15 is 0 Å². The lowest BCUT2D eigenvalue weighted by Crippen LogP contribution is -2.40. The van der Waals surface area contributed by atoms with E-state index in [4.69, 9.17) is 4.42 Å². The van der Waals surface area contributed by atoms with Crippen LogP contribution in [-0.4, -0.2) is 34.7 Å². The van der Waals surface area contributed by atoms with E-state index in [-0.39, 0.29) is 12.5 Å². The van der Waals surface area contributed by atoms with Gasteiger partial charge in [-0.15, -0.1) is 0 Å². The van der Waals surface area contributed by atoms with Gasteiger partial charge in [-0.05, 0) is 36.6 Å². The lowest BCUT2D eigenvalue weighted by atomic mass is 9.81. The van der Waals surface area contributed by atoms with Crippen LogP contribution in [0.4, 0.5) is 0 Å². The number of hydrogen-bond acceptors (Lipinski definition) is 4. The van der Waals surface area contributed by atoms with E-state index in [1.807, 2.05) is 30.3 Å². The van der Waals surface area contributed by atoms with Crippen molar-refractivity contribution in [2.75, 3.05) is 19.7 Å². The summed E-state index contributed by atoms with van der Waals surface area (Å²) in [4.78, 5) is 6.90. The molecule has 4 heteroatoms. The maximum absolute atomic E-state index is 9.86. The fraction of sp³-hybridized carbons (Fsp3) is 0.350. The molecule has 3 aromatic rings. The van der Waals surface area contributed by atoms with Crippen molar-refractivity contribution in [1.82, 2.24) is 9.88 Å². The average Bonchev–Trinajstić information content (AvgIpc) is 3.04. The van der Waals surface area contributed by atoms with Gasteiger partial charge in [-0.1, -0.05) is 42.5 Å². The Hall–Kier alpha value is -2.17. The number of likely N-dealkylation sites (tertiary alicyclic amines) is 1. The molecule has 0 aliphatic carbocycles. The second kappa shape index (κ2) is 6.75. The number of piperidine rings is 1. The lowest BCUT2D eigenvalue weighted by molar-refractivity contribution is 0.0918. The fourth-order valence-corrected chi connectivity index (χ4v) is 3.75. The van der Waals surface area contributed by atoms with Crippen LogP contribution in [0.3, 0.4) is 0 Å². The first-order chi connectivity index (χ1) is 11.8. The molecule has 1 aromatic heterocycles. The predicted octanol–water partition coefficient (Wildman–Crippen LogP) is 3.43. The van der Waals surface area contributed by atoms with Gasteiger partial charge in [0.25, 0.3) is 0 Å². The van der Waals surface area contributed by atoms with Gasteiger partial charge in [0.05, 0.1) is 6.54 Å². The molecule has 0 radical (unpaired) electrons. The third kappa shape index (κ3) is 3.07. The highest BCUT2D eigenvalue weighted by Crippen LogP contribution is 2.33. The van der Waals surface area contributed by atoms with Gasteiger partial charge in [-0.2, -0.15) is 0 Å². The van der Waals surface area contributed by atoms with Crippen LogP contribution in [0.15, 0.2) is 59.0 Å². The Morgan fingerprint density at radius 3 is 2.67 bits per heavy atom. The van der Waals surface area contributed by atoms with Crippen molar-refractivity contribution in [1.29, 1.82) is 0 Å². The smallest absolute Gasteiger partial charge is 0.209 e. The molecule has 1 saturated heterocycles. The van der Waals surface area contributed by atoms with E-state index in [1.165, 1.54) is 5.56 Å². The lowest BCUT2D eigenvalue weighted by Gasteiger charge is -2.37. The van der Waals surface area contributed by atoms with Gasteiger partial charge < -0.3 is 9.52 Å². The van der Waals surface area contributed by atoms with Crippen molar-refractivity contribution >= 4 is 11.1 Å². The number of fused-ring (bicyclic) bond motifs is 1. The fourth-order valence-electron chi connectivity index (χ4n) is 3.75. The van der Waals surface area contributed by atoms with Crippen LogP contribution < -0.4 is 0 Å². The van der Waals surface area contributed by atoms with Crippen molar-refractivity contribution in [3.63, 3.8) is 0 Å². The number of hydrogen-bond donors (Lipinski definition) is 1. The summed E-state index contributed by atoms with van der Waals surface area (Å²) in [5, 5.41) is 9.86. The Morgan fingerprint density at radius 1 is 1.08 bits per heavy atom. The van der Waals surface area contributed by atoms with Crippen molar-refractivity contribution < 1.29 is 9.52 Å². The Balaban J connectivity index is 1.46.